The lowest BCUT2D eigenvalue weighted by molar-refractivity contribution is -0.159. The molecule has 0 aromatic rings. The Morgan fingerprint density at radius 3 is 1.19 bits per heavy atom. The molecule has 0 aromatic carbocycles. The Bertz CT molecular complexity index is 637. The van der Waals surface area contributed by atoms with E-state index in [0.29, 0.717) is 0 Å². The minimum absolute atomic E-state index is 0.367. The van der Waals surface area contributed by atoms with Gasteiger partial charge in [-0.15, -0.1) is 0 Å². The lowest BCUT2D eigenvalue weighted by Crippen LogP contribution is -2.46. The molecule has 31 heavy (non-hydrogen) atoms. The maximum absolute atomic E-state index is 11.4. The van der Waals surface area contributed by atoms with Crippen molar-refractivity contribution in [2.75, 3.05) is 26.3 Å². The molecule has 0 aliphatic heterocycles. The lowest BCUT2D eigenvalue weighted by Gasteiger charge is -2.28. The highest BCUT2D eigenvalue weighted by molar-refractivity contribution is 5.81. The van der Waals surface area contributed by atoms with Crippen LogP contribution in [0.4, 0.5) is 0 Å². The van der Waals surface area contributed by atoms with Gasteiger partial charge in [0.15, 0.2) is 12.2 Å². The molecule has 0 spiro atoms. The summed E-state index contributed by atoms with van der Waals surface area (Å²) >= 11 is 0. The molecule has 0 fully saturated rings. The van der Waals surface area contributed by atoms with E-state index in [1.165, 1.54) is 0 Å². The Morgan fingerprint density at radius 2 is 0.935 bits per heavy atom. The zero-order valence-electron chi connectivity index (χ0n) is 16.1. The van der Waals surface area contributed by atoms with Crippen LogP contribution in [0.5, 0.6) is 0 Å². The van der Waals surface area contributed by atoms with Gasteiger partial charge < -0.3 is 40.1 Å². The molecule has 0 saturated heterocycles. The molecule has 176 valence electrons. The van der Waals surface area contributed by atoms with E-state index in [0.717, 1.165) is 4.90 Å². The predicted octanol–water partition coefficient (Wildman–Crippen LogP) is -1.89. The second-order valence-corrected chi connectivity index (χ2v) is 6.08. The number of ether oxygens (including phenoxy) is 2. The Kier molecular flexibility index (Phi) is 12.4. The average Bonchev–Trinajstić information content (AvgIpc) is 2.61. The highest BCUT2D eigenvalue weighted by atomic mass is 16.5. The van der Waals surface area contributed by atoms with Crippen LogP contribution in [0.2, 0.25) is 0 Å². The lowest BCUT2D eigenvalue weighted by atomic mass is 10.1. The van der Waals surface area contributed by atoms with Gasteiger partial charge >= 0.3 is 35.8 Å². The first-order valence-corrected chi connectivity index (χ1v) is 8.66. The maximum atomic E-state index is 11.4. The van der Waals surface area contributed by atoms with Crippen LogP contribution in [0.1, 0.15) is 19.3 Å². The highest BCUT2D eigenvalue weighted by Gasteiger charge is 2.30. The Hall–Kier alpha value is -3.30. The van der Waals surface area contributed by atoms with Crippen molar-refractivity contribution >= 4 is 35.8 Å². The Labute approximate surface area is 174 Å². The second-order valence-electron chi connectivity index (χ2n) is 6.08. The standard InChI is InChI=1S/C16H23NO14/c18-11(19)5-8(14(24)25)17(1-3-30-9(15(26)27)6-12(20)21)2-4-31-10(16(28)29)7-13(22)23/h8-10H,1-7H2,(H,18,19)(H,20,21)(H,22,23)(H,24,25)(H,26,27)(H,28,29). The molecular weight excluding hydrogens is 430 g/mol. The molecule has 0 aliphatic carbocycles. The van der Waals surface area contributed by atoms with Gasteiger partial charge in [-0.05, 0) is 0 Å². The van der Waals surface area contributed by atoms with Crippen molar-refractivity contribution in [3.8, 4) is 0 Å². The number of carbonyl (C=O) groups is 6. The first-order valence-electron chi connectivity index (χ1n) is 8.66. The fraction of sp³-hybridized carbons (Fsp3) is 0.625. The van der Waals surface area contributed by atoms with Crippen LogP contribution in [0, 0.1) is 0 Å². The molecule has 3 unspecified atom stereocenters. The molecule has 6 N–H and O–H groups in total. The third kappa shape index (κ3) is 12.1. The summed E-state index contributed by atoms with van der Waals surface area (Å²) in [6.45, 7) is -1.72. The number of nitrogens with zero attached hydrogens (tertiary/aromatic N) is 1. The van der Waals surface area contributed by atoms with Gasteiger partial charge in [-0.2, -0.15) is 0 Å². The van der Waals surface area contributed by atoms with Crippen LogP contribution >= 0.6 is 0 Å². The molecule has 15 heteroatoms. The summed E-state index contributed by atoms with van der Waals surface area (Å²) in [5, 5.41) is 53.4. The topological polar surface area (TPSA) is 245 Å². The fourth-order valence-electron chi connectivity index (χ4n) is 2.34. The molecular formula is C16H23NO14. The van der Waals surface area contributed by atoms with E-state index in [4.69, 9.17) is 35.0 Å². The van der Waals surface area contributed by atoms with Crippen LogP contribution in [-0.4, -0.2) is 116 Å². The van der Waals surface area contributed by atoms with E-state index in [-0.39, 0.29) is 13.1 Å². The normalized spacial score (nSPS) is 13.8. The number of carboxylic acids is 6. The number of aliphatic carboxylic acids is 6. The summed E-state index contributed by atoms with van der Waals surface area (Å²) in [7, 11) is 0. The Balaban J connectivity index is 5.19. The fourth-order valence-corrected chi connectivity index (χ4v) is 2.34. The smallest absolute Gasteiger partial charge is 0.333 e. The SMILES string of the molecule is O=C(O)CC(OCCN(CCOC(CC(=O)O)C(=O)O)C(CC(=O)O)C(=O)O)C(=O)O. The van der Waals surface area contributed by atoms with Crippen LogP contribution in [0.3, 0.4) is 0 Å². The minimum Gasteiger partial charge on any atom is -0.481 e. The summed E-state index contributed by atoms with van der Waals surface area (Å²) in [6, 6.07) is -1.63. The molecule has 0 saturated carbocycles. The number of carboxylic acid groups (broad SMARTS) is 6. The zero-order chi connectivity index (χ0) is 24.1. The summed E-state index contributed by atoms with van der Waals surface area (Å²) < 4.78 is 9.85. The van der Waals surface area contributed by atoms with E-state index in [9.17, 15) is 33.9 Å². The predicted molar refractivity (Wildman–Crippen MR) is 94.5 cm³/mol. The molecule has 15 nitrogen and oxygen atoms in total. The molecule has 0 aliphatic rings. The highest BCUT2D eigenvalue weighted by Crippen LogP contribution is 2.09. The summed E-state index contributed by atoms with van der Waals surface area (Å²) in [5.74, 6) is -9.08. The van der Waals surface area contributed by atoms with Crippen LogP contribution < -0.4 is 0 Å². The van der Waals surface area contributed by atoms with Gasteiger partial charge in [0.1, 0.15) is 6.04 Å². The number of hydrogen-bond donors (Lipinski definition) is 6. The van der Waals surface area contributed by atoms with Crippen LogP contribution in [0.25, 0.3) is 0 Å². The molecule has 0 bridgehead atoms. The molecule has 0 radical (unpaired) electrons. The van der Waals surface area contributed by atoms with Crippen molar-refractivity contribution in [2.45, 2.75) is 37.5 Å². The van der Waals surface area contributed by atoms with Crippen molar-refractivity contribution in [1.82, 2.24) is 4.90 Å². The van der Waals surface area contributed by atoms with Crippen LogP contribution in [-0.2, 0) is 38.2 Å². The zero-order valence-corrected chi connectivity index (χ0v) is 16.1. The van der Waals surface area contributed by atoms with Crippen molar-refractivity contribution in [3.05, 3.63) is 0 Å². The molecule has 0 rings (SSSR count). The third-order valence-corrected chi connectivity index (χ3v) is 3.76. The average molecular weight is 453 g/mol. The monoisotopic (exact) mass is 453 g/mol. The van der Waals surface area contributed by atoms with Gasteiger partial charge in [-0.25, -0.2) is 9.59 Å². The first kappa shape index (κ1) is 27.7. The molecule has 3 atom stereocenters. The van der Waals surface area contributed by atoms with E-state index in [1.807, 2.05) is 0 Å². The van der Waals surface area contributed by atoms with E-state index >= 15 is 0 Å². The summed E-state index contributed by atoms with van der Waals surface area (Å²) in [6.07, 6.45) is -6.07. The summed E-state index contributed by atoms with van der Waals surface area (Å²) in [4.78, 5) is 66.7. The van der Waals surface area contributed by atoms with Crippen molar-refractivity contribution in [3.63, 3.8) is 0 Å². The van der Waals surface area contributed by atoms with Gasteiger partial charge in [-0.3, -0.25) is 24.1 Å². The van der Waals surface area contributed by atoms with Gasteiger partial charge in [-0.1, -0.05) is 0 Å². The second kappa shape index (κ2) is 13.8. The van der Waals surface area contributed by atoms with E-state index in [2.05, 4.69) is 0 Å². The van der Waals surface area contributed by atoms with Gasteiger partial charge in [0.2, 0.25) is 0 Å². The number of hydrogen-bond acceptors (Lipinski definition) is 9. The first-order chi connectivity index (χ1) is 14.3. The largest absolute Gasteiger partial charge is 0.481 e. The van der Waals surface area contributed by atoms with Crippen LogP contribution in [0.15, 0.2) is 0 Å². The quantitative estimate of drug-likeness (QED) is 0.133. The molecule has 0 heterocycles. The molecule has 0 amide bonds. The Morgan fingerprint density at radius 1 is 0.581 bits per heavy atom. The summed E-state index contributed by atoms with van der Waals surface area (Å²) in [5.41, 5.74) is 0. The van der Waals surface area contributed by atoms with Crippen molar-refractivity contribution < 1.29 is 68.9 Å². The minimum atomic E-state index is -1.73. The van der Waals surface area contributed by atoms with Gasteiger partial charge in [0.05, 0.1) is 32.5 Å². The maximum Gasteiger partial charge on any atom is 0.333 e. The van der Waals surface area contributed by atoms with Crippen molar-refractivity contribution in [2.24, 2.45) is 0 Å². The van der Waals surface area contributed by atoms with E-state index in [1.54, 1.807) is 0 Å². The van der Waals surface area contributed by atoms with Gasteiger partial charge in [0, 0.05) is 13.1 Å². The van der Waals surface area contributed by atoms with Gasteiger partial charge in [0.25, 0.3) is 0 Å². The molecule has 0 aromatic heterocycles. The van der Waals surface area contributed by atoms with E-state index < -0.39 is 86.5 Å². The number of rotatable bonds is 18. The van der Waals surface area contributed by atoms with Crippen molar-refractivity contribution in [1.29, 1.82) is 0 Å². The third-order valence-electron chi connectivity index (χ3n) is 3.76.